The molecule has 0 aliphatic carbocycles. The highest BCUT2D eigenvalue weighted by Gasteiger charge is 2.20. The Labute approximate surface area is 134 Å². The van der Waals surface area contributed by atoms with Crippen molar-refractivity contribution in [2.24, 2.45) is 0 Å². The van der Waals surface area contributed by atoms with Crippen molar-refractivity contribution in [2.45, 2.75) is 19.4 Å². The van der Waals surface area contributed by atoms with Crippen LogP contribution in [0.5, 0.6) is 11.5 Å². The van der Waals surface area contributed by atoms with Gasteiger partial charge in [0.15, 0.2) is 6.10 Å². The monoisotopic (exact) mass is 320 g/mol. The van der Waals surface area contributed by atoms with Gasteiger partial charge in [-0.25, -0.2) is 4.79 Å². The molecule has 2 rings (SSSR count). The fourth-order valence-electron chi connectivity index (χ4n) is 2.08. The molecule has 116 valence electrons. The van der Waals surface area contributed by atoms with Gasteiger partial charge in [-0.2, -0.15) is 0 Å². The highest BCUT2D eigenvalue weighted by Crippen LogP contribution is 2.26. The zero-order valence-electron chi connectivity index (χ0n) is 12.4. The zero-order valence-corrected chi connectivity index (χ0v) is 13.1. The molecule has 22 heavy (non-hydrogen) atoms. The number of aryl methyl sites for hydroxylation is 1. The van der Waals surface area contributed by atoms with Gasteiger partial charge in [-0.15, -0.1) is 0 Å². The van der Waals surface area contributed by atoms with Crippen molar-refractivity contribution in [3.05, 3.63) is 58.6 Å². The van der Waals surface area contributed by atoms with Crippen molar-refractivity contribution in [2.75, 3.05) is 7.11 Å². The standard InChI is InChI=1S/C17H17ClO4/c1-11-4-3-5-13(8-11)22-16(17(19)20)10-12-6-7-15(21-2)14(18)9-12/h3-9,16H,10H2,1-2H3,(H,19,20). The Morgan fingerprint density at radius 2 is 2.05 bits per heavy atom. The van der Waals surface area contributed by atoms with Crippen molar-refractivity contribution in [1.82, 2.24) is 0 Å². The number of methoxy groups -OCH3 is 1. The lowest BCUT2D eigenvalue weighted by molar-refractivity contribution is -0.145. The van der Waals surface area contributed by atoms with Crippen molar-refractivity contribution < 1.29 is 19.4 Å². The van der Waals surface area contributed by atoms with Crippen LogP contribution in [0.15, 0.2) is 42.5 Å². The summed E-state index contributed by atoms with van der Waals surface area (Å²) in [7, 11) is 1.53. The highest BCUT2D eigenvalue weighted by molar-refractivity contribution is 6.32. The first-order valence-electron chi connectivity index (χ1n) is 6.78. The van der Waals surface area contributed by atoms with Gasteiger partial charge >= 0.3 is 5.97 Å². The molecule has 0 fully saturated rings. The average molecular weight is 321 g/mol. The first-order chi connectivity index (χ1) is 10.5. The van der Waals surface area contributed by atoms with E-state index in [0.29, 0.717) is 16.5 Å². The fourth-order valence-corrected chi connectivity index (χ4v) is 2.36. The number of hydrogen-bond donors (Lipinski definition) is 1. The average Bonchev–Trinajstić information content (AvgIpc) is 2.46. The van der Waals surface area contributed by atoms with Gasteiger partial charge in [0.25, 0.3) is 0 Å². The molecule has 2 aromatic carbocycles. The van der Waals surface area contributed by atoms with Gasteiger partial charge < -0.3 is 14.6 Å². The van der Waals surface area contributed by atoms with Crippen LogP contribution < -0.4 is 9.47 Å². The normalized spacial score (nSPS) is 11.8. The van der Waals surface area contributed by atoms with E-state index in [2.05, 4.69) is 0 Å². The van der Waals surface area contributed by atoms with Gasteiger partial charge in [-0.05, 0) is 42.3 Å². The maximum absolute atomic E-state index is 11.4. The summed E-state index contributed by atoms with van der Waals surface area (Å²) < 4.78 is 10.7. The zero-order chi connectivity index (χ0) is 16.1. The molecule has 0 bridgehead atoms. The minimum atomic E-state index is -1.02. The molecule has 0 saturated carbocycles. The minimum absolute atomic E-state index is 0.215. The molecule has 1 unspecified atom stereocenters. The van der Waals surface area contributed by atoms with Crippen LogP contribution in [0.4, 0.5) is 0 Å². The van der Waals surface area contributed by atoms with Gasteiger partial charge in [-0.3, -0.25) is 0 Å². The predicted molar refractivity (Wildman–Crippen MR) is 84.9 cm³/mol. The number of benzene rings is 2. The van der Waals surface area contributed by atoms with Crippen LogP contribution in [-0.4, -0.2) is 24.3 Å². The number of aliphatic carboxylic acids is 1. The van der Waals surface area contributed by atoms with E-state index in [1.54, 1.807) is 30.3 Å². The first-order valence-corrected chi connectivity index (χ1v) is 7.16. The van der Waals surface area contributed by atoms with Crippen LogP contribution >= 0.6 is 11.6 Å². The summed E-state index contributed by atoms with van der Waals surface area (Å²) in [6.07, 6.45) is -0.765. The van der Waals surface area contributed by atoms with Crippen molar-refractivity contribution in [1.29, 1.82) is 0 Å². The lowest BCUT2D eigenvalue weighted by atomic mass is 10.1. The van der Waals surface area contributed by atoms with Crippen LogP contribution in [0.25, 0.3) is 0 Å². The van der Waals surface area contributed by atoms with E-state index in [1.165, 1.54) is 7.11 Å². The Morgan fingerprint density at radius 3 is 2.64 bits per heavy atom. The molecule has 0 aliphatic rings. The second-order valence-corrected chi connectivity index (χ2v) is 5.34. The molecule has 4 nitrogen and oxygen atoms in total. The van der Waals surface area contributed by atoms with Crippen LogP contribution in [-0.2, 0) is 11.2 Å². The third-order valence-electron chi connectivity index (χ3n) is 3.18. The van der Waals surface area contributed by atoms with Crippen molar-refractivity contribution >= 4 is 17.6 Å². The van der Waals surface area contributed by atoms with Gasteiger partial charge in [0, 0.05) is 6.42 Å². The summed E-state index contributed by atoms with van der Waals surface area (Å²) in [5, 5.41) is 9.80. The van der Waals surface area contributed by atoms with Crippen molar-refractivity contribution in [3.63, 3.8) is 0 Å². The number of carbonyl (C=O) groups is 1. The van der Waals surface area contributed by atoms with E-state index < -0.39 is 12.1 Å². The Kier molecular flexibility index (Phi) is 5.28. The molecule has 0 heterocycles. The Balaban J connectivity index is 2.15. The highest BCUT2D eigenvalue weighted by atomic mass is 35.5. The van der Waals surface area contributed by atoms with Gasteiger partial charge in [-0.1, -0.05) is 29.8 Å². The Bertz CT molecular complexity index is 669. The first kappa shape index (κ1) is 16.2. The topological polar surface area (TPSA) is 55.8 Å². The molecule has 0 saturated heterocycles. The van der Waals surface area contributed by atoms with E-state index >= 15 is 0 Å². The molecular formula is C17H17ClO4. The third-order valence-corrected chi connectivity index (χ3v) is 3.48. The summed E-state index contributed by atoms with van der Waals surface area (Å²) in [6.45, 7) is 1.92. The summed E-state index contributed by atoms with van der Waals surface area (Å²) in [4.78, 5) is 11.4. The molecule has 1 N–H and O–H groups in total. The quantitative estimate of drug-likeness (QED) is 0.881. The van der Waals surface area contributed by atoms with Gasteiger partial charge in [0.2, 0.25) is 0 Å². The molecule has 0 radical (unpaired) electrons. The summed E-state index contributed by atoms with van der Waals surface area (Å²) >= 11 is 6.06. The number of carboxylic acids is 1. The maximum atomic E-state index is 11.4. The number of hydrogen-bond acceptors (Lipinski definition) is 3. The third kappa shape index (κ3) is 4.15. The van der Waals surface area contributed by atoms with Crippen LogP contribution in [0.3, 0.4) is 0 Å². The smallest absolute Gasteiger partial charge is 0.345 e. The van der Waals surface area contributed by atoms with Gasteiger partial charge in [0.1, 0.15) is 11.5 Å². The number of carboxylic acid groups (broad SMARTS) is 1. The molecule has 0 aromatic heterocycles. The van der Waals surface area contributed by atoms with Crippen LogP contribution in [0, 0.1) is 6.92 Å². The molecule has 0 spiro atoms. The Hall–Kier alpha value is -2.20. The van der Waals surface area contributed by atoms with E-state index in [-0.39, 0.29) is 6.42 Å². The van der Waals surface area contributed by atoms with Crippen LogP contribution in [0.2, 0.25) is 5.02 Å². The van der Waals surface area contributed by atoms with E-state index in [1.807, 2.05) is 19.1 Å². The molecule has 2 aromatic rings. The fraction of sp³-hybridized carbons (Fsp3) is 0.235. The largest absolute Gasteiger partial charge is 0.495 e. The van der Waals surface area contributed by atoms with E-state index in [9.17, 15) is 9.90 Å². The number of rotatable bonds is 6. The van der Waals surface area contributed by atoms with Gasteiger partial charge in [0.05, 0.1) is 12.1 Å². The summed E-state index contributed by atoms with van der Waals surface area (Å²) in [5.74, 6) is 0.0670. The van der Waals surface area contributed by atoms with Crippen molar-refractivity contribution in [3.8, 4) is 11.5 Å². The SMILES string of the molecule is COc1ccc(CC(Oc2cccc(C)c2)C(=O)O)cc1Cl. The van der Waals surface area contributed by atoms with E-state index in [4.69, 9.17) is 21.1 Å². The maximum Gasteiger partial charge on any atom is 0.345 e. The molecule has 1 atom stereocenters. The second-order valence-electron chi connectivity index (χ2n) is 4.93. The van der Waals surface area contributed by atoms with E-state index in [0.717, 1.165) is 11.1 Å². The lowest BCUT2D eigenvalue weighted by Gasteiger charge is -2.16. The summed E-state index contributed by atoms with van der Waals surface area (Å²) in [5.41, 5.74) is 1.78. The summed E-state index contributed by atoms with van der Waals surface area (Å²) in [6, 6.07) is 12.5. The molecule has 0 aliphatic heterocycles. The second kappa shape index (κ2) is 7.18. The molecular weight excluding hydrogens is 304 g/mol. The predicted octanol–water partition coefficient (Wildman–Crippen LogP) is 3.73. The Morgan fingerprint density at radius 1 is 1.27 bits per heavy atom. The number of ether oxygens (including phenoxy) is 2. The number of halogens is 1. The molecule has 5 heteroatoms. The minimum Gasteiger partial charge on any atom is -0.495 e. The molecule has 0 amide bonds. The van der Waals surface area contributed by atoms with Crippen LogP contribution in [0.1, 0.15) is 11.1 Å². The lowest BCUT2D eigenvalue weighted by Crippen LogP contribution is -2.29.